The number of hydrogen-bond donors (Lipinski definition) is 1. The number of benzene rings is 2. The molecule has 3 aromatic rings. The zero-order valence-electron chi connectivity index (χ0n) is 12.1. The van der Waals surface area contributed by atoms with Crippen molar-refractivity contribution in [3.63, 3.8) is 0 Å². The molecule has 2 aromatic carbocycles. The van der Waals surface area contributed by atoms with E-state index in [1.165, 1.54) is 16.0 Å². The van der Waals surface area contributed by atoms with Gasteiger partial charge >= 0.3 is 0 Å². The molecule has 1 aromatic heterocycles. The number of aromatic nitrogens is 2. The number of aryl methyl sites for hydroxylation is 1. The number of nitrogens with zero attached hydrogens (tertiary/aromatic N) is 2. The summed E-state index contributed by atoms with van der Waals surface area (Å²) in [5.41, 5.74) is 3.42. The summed E-state index contributed by atoms with van der Waals surface area (Å²) in [7, 11) is 0. The minimum Gasteiger partial charge on any atom is -0.365 e. The Morgan fingerprint density at radius 3 is 2.62 bits per heavy atom. The van der Waals surface area contributed by atoms with Gasteiger partial charge in [0.05, 0.1) is 5.52 Å². The maximum atomic E-state index is 4.37. The maximum absolute atomic E-state index is 4.37. The van der Waals surface area contributed by atoms with Crippen LogP contribution in [0.4, 0.5) is 5.82 Å². The molecule has 0 saturated heterocycles. The number of hydrogen-bond acceptors (Lipinski definition) is 4. The van der Waals surface area contributed by atoms with Crippen LogP contribution in [0.15, 0.2) is 53.7 Å². The van der Waals surface area contributed by atoms with Crippen molar-refractivity contribution in [3.8, 4) is 0 Å². The lowest BCUT2D eigenvalue weighted by Crippen LogP contribution is -2.02. The van der Waals surface area contributed by atoms with E-state index in [-0.39, 0.29) is 0 Å². The van der Waals surface area contributed by atoms with Crippen LogP contribution in [0.5, 0.6) is 0 Å². The normalized spacial score (nSPS) is 10.8. The van der Waals surface area contributed by atoms with Crippen molar-refractivity contribution in [2.24, 2.45) is 0 Å². The number of nitrogens with one attached hydrogen (secondary N) is 1. The van der Waals surface area contributed by atoms with Gasteiger partial charge in [0.25, 0.3) is 0 Å². The largest absolute Gasteiger partial charge is 0.365 e. The van der Waals surface area contributed by atoms with Crippen LogP contribution < -0.4 is 5.32 Å². The van der Waals surface area contributed by atoms with Crippen molar-refractivity contribution in [1.82, 2.24) is 9.97 Å². The van der Waals surface area contributed by atoms with E-state index < -0.39 is 0 Å². The number of anilines is 1. The van der Waals surface area contributed by atoms with Gasteiger partial charge in [-0.25, -0.2) is 9.97 Å². The van der Waals surface area contributed by atoms with E-state index in [1.54, 1.807) is 18.1 Å². The molecule has 0 aliphatic rings. The highest BCUT2D eigenvalue weighted by molar-refractivity contribution is 7.98. The van der Waals surface area contributed by atoms with Gasteiger partial charge in [0.15, 0.2) is 0 Å². The fourth-order valence-electron chi connectivity index (χ4n) is 2.24. The van der Waals surface area contributed by atoms with E-state index in [1.807, 2.05) is 6.07 Å². The van der Waals surface area contributed by atoms with Gasteiger partial charge in [-0.1, -0.05) is 23.8 Å². The van der Waals surface area contributed by atoms with Crippen molar-refractivity contribution in [3.05, 3.63) is 59.9 Å². The van der Waals surface area contributed by atoms with Crippen LogP contribution in [0, 0.1) is 6.92 Å². The molecular formula is C17H17N3S. The van der Waals surface area contributed by atoms with E-state index in [0.29, 0.717) is 0 Å². The molecule has 0 aliphatic carbocycles. The maximum Gasteiger partial charge on any atom is 0.137 e. The number of rotatable bonds is 4. The lowest BCUT2D eigenvalue weighted by molar-refractivity contribution is 1.10. The monoisotopic (exact) mass is 295 g/mol. The SMILES string of the molecule is CSc1ccc(CNc2ncnc3ccc(C)cc23)cc1. The highest BCUT2D eigenvalue weighted by Crippen LogP contribution is 2.21. The Morgan fingerprint density at radius 2 is 1.86 bits per heavy atom. The second-order valence-electron chi connectivity index (χ2n) is 4.94. The van der Waals surface area contributed by atoms with Crippen LogP contribution in [-0.4, -0.2) is 16.2 Å². The molecule has 1 N–H and O–H groups in total. The molecule has 1 heterocycles. The van der Waals surface area contributed by atoms with Gasteiger partial charge in [0.2, 0.25) is 0 Å². The van der Waals surface area contributed by atoms with Crippen LogP contribution in [0.3, 0.4) is 0 Å². The molecule has 0 bridgehead atoms. The Bertz CT molecular complexity index is 754. The van der Waals surface area contributed by atoms with Crippen LogP contribution in [0.25, 0.3) is 10.9 Å². The second kappa shape index (κ2) is 6.14. The van der Waals surface area contributed by atoms with Gasteiger partial charge in [-0.05, 0) is 43.0 Å². The topological polar surface area (TPSA) is 37.8 Å². The summed E-state index contributed by atoms with van der Waals surface area (Å²) in [4.78, 5) is 9.96. The van der Waals surface area contributed by atoms with Crippen molar-refractivity contribution >= 4 is 28.5 Å². The molecule has 0 radical (unpaired) electrons. The molecule has 0 fully saturated rings. The van der Waals surface area contributed by atoms with Crippen molar-refractivity contribution in [2.45, 2.75) is 18.4 Å². The summed E-state index contributed by atoms with van der Waals surface area (Å²) < 4.78 is 0. The summed E-state index contributed by atoms with van der Waals surface area (Å²) in [6.07, 6.45) is 3.69. The molecule has 4 heteroatoms. The molecule has 0 atom stereocenters. The van der Waals surface area contributed by atoms with Gasteiger partial charge in [-0.15, -0.1) is 11.8 Å². The van der Waals surface area contributed by atoms with E-state index >= 15 is 0 Å². The molecule has 0 aliphatic heterocycles. The van der Waals surface area contributed by atoms with Crippen LogP contribution in [-0.2, 0) is 6.54 Å². The standard InChI is InChI=1S/C17H17N3S/c1-12-3-8-16-15(9-12)17(20-11-19-16)18-10-13-4-6-14(21-2)7-5-13/h3-9,11H,10H2,1-2H3,(H,18,19,20). The zero-order chi connectivity index (χ0) is 14.7. The minimum absolute atomic E-state index is 0.759. The van der Waals surface area contributed by atoms with E-state index in [0.717, 1.165) is 23.3 Å². The first-order valence-corrected chi connectivity index (χ1v) is 8.07. The molecule has 0 unspecified atom stereocenters. The molecule has 0 amide bonds. The van der Waals surface area contributed by atoms with E-state index in [9.17, 15) is 0 Å². The first kappa shape index (κ1) is 13.9. The Balaban J connectivity index is 1.82. The summed E-state index contributed by atoms with van der Waals surface area (Å²) in [6.45, 7) is 2.84. The summed E-state index contributed by atoms with van der Waals surface area (Å²) in [5.74, 6) is 0.887. The molecule has 106 valence electrons. The number of fused-ring (bicyclic) bond motifs is 1. The third kappa shape index (κ3) is 3.16. The first-order chi connectivity index (χ1) is 10.3. The predicted octanol–water partition coefficient (Wildman–Crippen LogP) is 4.27. The molecular weight excluding hydrogens is 278 g/mol. The van der Waals surface area contributed by atoms with Crippen molar-refractivity contribution < 1.29 is 0 Å². The lowest BCUT2D eigenvalue weighted by Gasteiger charge is -2.09. The summed E-state index contributed by atoms with van der Waals surface area (Å²) in [6, 6.07) is 14.8. The third-order valence-corrected chi connectivity index (χ3v) is 4.15. The molecule has 0 spiro atoms. The van der Waals surface area contributed by atoms with Crippen molar-refractivity contribution in [1.29, 1.82) is 0 Å². The quantitative estimate of drug-likeness (QED) is 0.729. The predicted molar refractivity (Wildman–Crippen MR) is 89.8 cm³/mol. The zero-order valence-corrected chi connectivity index (χ0v) is 12.9. The third-order valence-electron chi connectivity index (χ3n) is 3.41. The fraction of sp³-hybridized carbons (Fsp3) is 0.176. The van der Waals surface area contributed by atoms with Crippen LogP contribution in [0.2, 0.25) is 0 Å². The first-order valence-electron chi connectivity index (χ1n) is 6.84. The van der Waals surface area contributed by atoms with E-state index in [4.69, 9.17) is 0 Å². The summed E-state index contributed by atoms with van der Waals surface area (Å²) >= 11 is 1.75. The molecule has 0 saturated carbocycles. The molecule has 3 nitrogen and oxygen atoms in total. The van der Waals surface area contributed by atoms with Gasteiger partial charge in [-0.2, -0.15) is 0 Å². The highest BCUT2D eigenvalue weighted by Gasteiger charge is 2.03. The Morgan fingerprint density at radius 1 is 1.05 bits per heavy atom. The highest BCUT2D eigenvalue weighted by atomic mass is 32.2. The average molecular weight is 295 g/mol. The van der Waals surface area contributed by atoms with Gasteiger partial charge < -0.3 is 5.32 Å². The minimum atomic E-state index is 0.759. The van der Waals surface area contributed by atoms with Gasteiger partial charge in [0, 0.05) is 16.8 Å². The van der Waals surface area contributed by atoms with E-state index in [2.05, 4.69) is 64.9 Å². The smallest absolute Gasteiger partial charge is 0.137 e. The molecule has 3 rings (SSSR count). The van der Waals surface area contributed by atoms with Gasteiger partial charge in [0.1, 0.15) is 12.1 Å². The Kier molecular flexibility index (Phi) is 4.06. The summed E-state index contributed by atoms with van der Waals surface area (Å²) in [5, 5.41) is 4.48. The Labute approximate surface area is 128 Å². The average Bonchev–Trinajstić information content (AvgIpc) is 2.53. The number of thioether (sulfide) groups is 1. The van der Waals surface area contributed by atoms with Crippen LogP contribution in [0.1, 0.15) is 11.1 Å². The van der Waals surface area contributed by atoms with Gasteiger partial charge in [-0.3, -0.25) is 0 Å². The second-order valence-corrected chi connectivity index (χ2v) is 5.82. The fourth-order valence-corrected chi connectivity index (χ4v) is 2.65. The lowest BCUT2D eigenvalue weighted by atomic mass is 10.1. The Hall–Kier alpha value is -2.07. The van der Waals surface area contributed by atoms with Crippen LogP contribution >= 0.6 is 11.8 Å². The molecule has 21 heavy (non-hydrogen) atoms. The van der Waals surface area contributed by atoms with Crippen molar-refractivity contribution in [2.75, 3.05) is 11.6 Å².